The van der Waals surface area contributed by atoms with Crippen LogP contribution in [0.4, 0.5) is 0 Å². The van der Waals surface area contributed by atoms with Gasteiger partial charge in [0.15, 0.2) is 0 Å². The molecule has 0 aliphatic carbocycles. The molecule has 0 bridgehead atoms. The number of hydrogen-bond acceptors (Lipinski definition) is 4. The summed E-state index contributed by atoms with van der Waals surface area (Å²) in [6, 6.07) is 8.00. The standard InChI is InChI=1S/C16H20N2O2/c17-11-16(5-7-20-8-6-16)15(19)14-10-18-9-12-3-1-2-4-13(12)14/h1-4,9-10,15,19H,5-8,11,17H2. The van der Waals surface area contributed by atoms with Crippen molar-refractivity contribution in [2.45, 2.75) is 18.9 Å². The second-order valence-electron chi connectivity index (χ2n) is 5.53. The molecule has 1 aliphatic rings. The van der Waals surface area contributed by atoms with Gasteiger partial charge in [-0.1, -0.05) is 24.3 Å². The van der Waals surface area contributed by atoms with Crippen molar-refractivity contribution in [3.8, 4) is 0 Å². The molecular formula is C16H20N2O2. The molecule has 2 heterocycles. The minimum Gasteiger partial charge on any atom is -0.388 e. The predicted octanol–water partition coefficient (Wildman–Crippen LogP) is 2.02. The van der Waals surface area contributed by atoms with Gasteiger partial charge < -0.3 is 15.6 Å². The Hall–Kier alpha value is -1.49. The van der Waals surface area contributed by atoms with Crippen molar-refractivity contribution in [2.75, 3.05) is 19.8 Å². The number of aliphatic hydroxyl groups excluding tert-OH is 1. The van der Waals surface area contributed by atoms with E-state index in [1.54, 1.807) is 6.20 Å². The van der Waals surface area contributed by atoms with Gasteiger partial charge in [-0.3, -0.25) is 4.98 Å². The smallest absolute Gasteiger partial charge is 0.0880 e. The van der Waals surface area contributed by atoms with Crippen LogP contribution in [0.2, 0.25) is 0 Å². The molecule has 2 aromatic rings. The molecule has 1 unspecified atom stereocenters. The number of pyridine rings is 1. The van der Waals surface area contributed by atoms with Crippen LogP contribution in [0.25, 0.3) is 10.8 Å². The van der Waals surface area contributed by atoms with Gasteiger partial charge in [0.2, 0.25) is 0 Å². The van der Waals surface area contributed by atoms with Crippen molar-refractivity contribution in [3.63, 3.8) is 0 Å². The molecule has 1 aromatic carbocycles. The van der Waals surface area contributed by atoms with Crippen LogP contribution < -0.4 is 5.73 Å². The average Bonchev–Trinajstić information content (AvgIpc) is 2.54. The van der Waals surface area contributed by atoms with E-state index in [2.05, 4.69) is 4.98 Å². The van der Waals surface area contributed by atoms with E-state index in [9.17, 15) is 5.11 Å². The van der Waals surface area contributed by atoms with Crippen molar-refractivity contribution >= 4 is 10.8 Å². The lowest BCUT2D eigenvalue weighted by molar-refractivity contribution is -0.0576. The summed E-state index contributed by atoms with van der Waals surface area (Å²) in [5.74, 6) is 0. The van der Waals surface area contributed by atoms with E-state index in [4.69, 9.17) is 10.5 Å². The topological polar surface area (TPSA) is 68.4 Å². The molecule has 1 aliphatic heterocycles. The Kier molecular flexibility index (Phi) is 3.70. The molecule has 3 rings (SSSR count). The lowest BCUT2D eigenvalue weighted by Crippen LogP contribution is -2.41. The summed E-state index contributed by atoms with van der Waals surface area (Å²) in [6.07, 6.45) is 4.56. The van der Waals surface area contributed by atoms with Gasteiger partial charge in [0, 0.05) is 48.5 Å². The number of nitrogens with two attached hydrogens (primary N) is 1. The average molecular weight is 272 g/mol. The number of hydrogen-bond donors (Lipinski definition) is 2. The summed E-state index contributed by atoms with van der Waals surface area (Å²) >= 11 is 0. The maximum Gasteiger partial charge on any atom is 0.0880 e. The number of aliphatic hydroxyl groups is 1. The highest BCUT2D eigenvalue weighted by atomic mass is 16.5. The third kappa shape index (κ3) is 2.20. The normalized spacial score (nSPS) is 19.9. The van der Waals surface area contributed by atoms with E-state index in [0.717, 1.165) is 29.2 Å². The lowest BCUT2D eigenvalue weighted by atomic mass is 9.72. The second kappa shape index (κ2) is 5.48. The summed E-state index contributed by atoms with van der Waals surface area (Å²) in [5.41, 5.74) is 6.55. The molecule has 20 heavy (non-hydrogen) atoms. The Labute approximate surface area is 118 Å². The fraction of sp³-hybridized carbons (Fsp3) is 0.438. The van der Waals surface area contributed by atoms with Crippen LogP contribution in [0, 0.1) is 5.41 Å². The van der Waals surface area contributed by atoms with Gasteiger partial charge in [-0.05, 0) is 18.2 Å². The van der Waals surface area contributed by atoms with E-state index in [1.807, 2.05) is 30.5 Å². The minimum atomic E-state index is -0.602. The summed E-state index contributed by atoms with van der Waals surface area (Å²) in [7, 11) is 0. The van der Waals surface area contributed by atoms with Gasteiger partial charge in [-0.15, -0.1) is 0 Å². The minimum absolute atomic E-state index is 0.302. The zero-order valence-electron chi connectivity index (χ0n) is 11.5. The van der Waals surface area contributed by atoms with Gasteiger partial charge in [0.25, 0.3) is 0 Å². The van der Waals surface area contributed by atoms with Crippen LogP contribution in [0.1, 0.15) is 24.5 Å². The van der Waals surface area contributed by atoms with E-state index in [1.165, 1.54) is 0 Å². The summed E-state index contributed by atoms with van der Waals surface area (Å²) < 4.78 is 5.42. The first-order valence-electron chi connectivity index (χ1n) is 7.05. The van der Waals surface area contributed by atoms with Crippen LogP contribution in [0.5, 0.6) is 0 Å². The zero-order valence-corrected chi connectivity index (χ0v) is 11.5. The first-order valence-corrected chi connectivity index (χ1v) is 7.05. The second-order valence-corrected chi connectivity index (χ2v) is 5.53. The third-order valence-corrected chi connectivity index (χ3v) is 4.47. The molecule has 3 N–H and O–H groups in total. The van der Waals surface area contributed by atoms with Crippen LogP contribution >= 0.6 is 0 Å². The monoisotopic (exact) mass is 272 g/mol. The molecular weight excluding hydrogens is 252 g/mol. The largest absolute Gasteiger partial charge is 0.388 e. The quantitative estimate of drug-likeness (QED) is 0.897. The molecule has 106 valence electrons. The third-order valence-electron chi connectivity index (χ3n) is 4.47. The molecule has 0 amide bonds. The summed E-state index contributed by atoms with van der Waals surface area (Å²) in [4.78, 5) is 4.26. The Morgan fingerprint density at radius 1 is 1.25 bits per heavy atom. The first-order chi connectivity index (χ1) is 9.77. The molecule has 1 atom stereocenters. The molecule has 4 heteroatoms. The number of benzene rings is 1. The highest BCUT2D eigenvalue weighted by molar-refractivity contribution is 5.85. The Balaban J connectivity index is 2.05. The van der Waals surface area contributed by atoms with Crippen molar-refractivity contribution < 1.29 is 9.84 Å². The maximum atomic E-state index is 10.9. The Morgan fingerprint density at radius 3 is 2.75 bits per heavy atom. The Bertz CT molecular complexity index is 589. The van der Waals surface area contributed by atoms with E-state index < -0.39 is 6.10 Å². The SMILES string of the molecule is NCC1(C(O)c2cncc3ccccc23)CCOCC1. The number of rotatable bonds is 3. The molecule has 1 saturated heterocycles. The molecule has 1 fully saturated rings. The van der Waals surface area contributed by atoms with Gasteiger partial charge in [0.1, 0.15) is 0 Å². The molecule has 0 spiro atoms. The number of aromatic nitrogens is 1. The van der Waals surface area contributed by atoms with Crippen molar-refractivity contribution in [3.05, 3.63) is 42.2 Å². The van der Waals surface area contributed by atoms with Crippen LogP contribution in [0.3, 0.4) is 0 Å². The first kappa shape index (κ1) is 13.5. The van der Waals surface area contributed by atoms with Crippen molar-refractivity contribution in [2.24, 2.45) is 11.1 Å². The van der Waals surface area contributed by atoms with Gasteiger partial charge >= 0.3 is 0 Å². The number of nitrogens with zero attached hydrogens (tertiary/aromatic N) is 1. The van der Waals surface area contributed by atoms with Crippen molar-refractivity contribution in [1.29, 1.82) is 0 Å². The molecule has 4 nitrogen and oxygen atoms in total. The highest BCUT2D eigenvalue weighted by Gasteiger charge is 2.39. The van der Waals surface area contributed by atoms with Gasteiger partial charge in [0.05, 0.1) is 6.10 Å². The van der Waals surface area contributed by atoms with E-state index in [0.29, 0.717) is 19.8 Å². The van der Waals surface area contributed by atoms with E-state index in [-0.39, 0.29) is 5.41 Å². The van der Waals surface area contributed by atoms with Gasteiger partial charge in [-0.25, -0.2) is 0 Å². The lowest BCUT2D eigenvalue weighted by Gasteiger charge is -2.40. The molecule has 1 aromatic heterocycles. The fourth-order valence-electron chi connectivity index (χ4n) is 3.05. The summed E-state index contributed by atoms with van der Waals surface area (Å²) in [6.45, 7) is 1.78. The van der Waals surface area contributed by atoms with Crippen molar-refractivity contribution in [1.82, 2.24) is 4.98 Å². The van der Waals surface area contributed by atoms with E-state index >= 15 is 0 Å². The highest BCUT2D eigenvalue weighted by Crippen LogP contribution is 2.43. The Morgan fingerprint density at radius 2 is 2.00 bits per heavy atom. The molecule has 0 radical (unpaired) electrons. The number of ether oxygens (including phenoxy) is 1. The van der Waals surface area contributed by atoms with Crippen LogP contribution in [0.15, 0.2) is 36.7 Å². The van der Waals surface area contributed by atoms with Crippen LogP contribution in [-0.2, 0) is 4.74 Å². The molecule has 0 saturated carbocycles. The summed E-state index contributed by atoms with van der Waals surface area (Å²) in [5, 5.41) is 13.0. The van der Waals surface area contributed by atoms with Gasteiger partial charge in [-0.2, -0.15) is 0 Å². The van der Waals surface area contributed by atoms with Crippen LogP contribution in [-0.4, -0.2) is 29.8 Å². The zero-order chi connectivity index (χ0) is 14.0. The maximum absolute atomic E-state index is 10.9. The predicted molar refractivity (Wildman–Crippen MR) is 78.2 cm³/mol. The fourth-order valence-corrected chi connectivity index (χ4v) is 3.05. The number of fused-ring (bicyclic) bond motifs is 1.